The summed E-state index contributed by atoms with van der Waals surface area (Å²) in [5, 5.41) is 2.96. The van der Waals surface area contributed by atoms with Crippen molar-refractivity contribution in [2.24, 2.45) is 0 Å². The van der Waals surface area contributed by atoms with Gasteiger partial charge < -0.3 is 25.4 Å². The predicted molar refractivity (Wildman–Crippen MR) is 156 cm³/mol. The maximum absolute atomic E-state index is 13.2. The summed E-state index contributed by atoms with van der Waals surface area (Å²) in [6.45, 7) is 3.29. The van der Waals surface area contributed by atoms with Crippen LogP contribution >= 0.6 is 0 Å². The molecule has 0 bridgehead atoms. The van der Waals surface area contributed by atoms with E-state index in [9.17, 15) is 9.59 Å². The molecule has 2 atom stereocenters. The number of hydrogen-bond acceptors (Lipinski definition) is 7. The normalized spacial score (nSPS) is 18.5. The van der Waals surface area contributed by atoms with Gasteiger partial charge in [0.1, 0.15) is 35.2 Å². The van der Waals surface area contributed by atoms with Gasteiger partial charge in [-0.05, 0) is 62.1 Å². The summed E-state index contributed by atoms with van der Waals surface area (Å²) in [4.78, 5) is 37.2. The Labute approximate surface area is 238 Å². The highest BCUT2D eigenvalue weighted by molar-refractivity contribution is 6.05. The van der Waals surface area contributed by atoms with Crippen LogP contribution in [0, 0.1) is 6.92 Å². The summed E-state index contributed by atoms with van der Waals surface area (Å²) in [6.07, 6.45) is 6.97. The molecule has 4 heterocycles. The van der Waals surface area contributed by atoms with Crippen molar-refractivity contribution in [1.29, 1.82) is 0 Å². The molecule has 2 aliphatic rings. The summed E-state index contributed by atoms with van der Waals surface area (Å²) in [5.74, 6) is 1.71. The molecule has 4 aromatic rings. The number of amides is 2. The summed E-state index contributed by atoms with van der Waals surface area (Å²) in [6, 6.07) is 13.3. The van der Waals surface area contributed by atoms with Crippen molar-refractivity contribution in [2.75, 3.05) is 37.9 Å². The minimum absolute atomic E-state index is 0.0635. The molecule has 2 amide bonds. The Balaban J connectivity index is 1.39. The molecule has 3 N–H and O–H groups in total. The fourth-order valence-corrected chi connectivity index (χ4v) is 5.98. The number of aryl methyl sites for hydroxylation is 1. The van der Waals surface area contributed by atoms with Gasteiger partial charge in [0, 0.05) is 61.2 Å². The Morgan fingerprint density at radius 1 is 1.15 bits per heavy atom. The Kier molecular flexibility index (Phi) is 7.32. The SMILES string of the molecule is COCCOc1cc(C(=O)Nc2cccc(C)c2)ccc1-c1nc([C@@H]2CC[C@H]3CCC(=O)N3C2)n2ccnc(N)c12. The van der Waals surface area contributed by atoms with Gasteiger partial charge in [-0.2, -0.15) is 0 Å². The van der Waals surface area contributed by atoms with Crippen LogP contribution in [0.5, 0.6) is 5.75 Å². The third-order valence-corrected chi connectivity index (χ3v) is 8.01. The summed E-state index contributed by atoms with van der Waals surface area (Å²) < 4.78 is 13.3. The first-order valence-electron chi connectivity index (χ1n) is 14.0. The lowest BCUT2D eigenvalue weighted by atomic mass is 9.92. The topological polar surface area (TPSA) is 124 Å². The number of imidazole rings is 1. The van der Waals surface area contributed by atoms with Crippen LogP contribution < -0.4 is 15.8 Å². The van der Waals surface area contributed by atoms with Gasteiger partial charge >= 0.3 is 0 Å². The molecular formula is C31H34N6O4. The lowest BCUT2D eigenvalue weighted by Gasteiger charge is -2.34. The molecule has 2 saturated heterocycles. The highest BCUT2D eigenvalue weighted by Gasteiger charge is 2.38. The number of nitrogens with zero attached hydrogens (tertiary/aromatic N) is 4. The van der Waals surface area contributed by atoms with Crippen LogP contribution in [0.4, 0.5) is 11.5 Å². The van der Waals surface area contributed by atoms with E-state index in [4.69, 9.17) is 20.2 Å². The molecule has 10 nitrogen and oxygen atoms in total. The standard InChI is InChI=1S/C31H34N6O4/c1-19-4-3-5-22(16-19)34-31(39)20-7-10-24(25(17-20)41-15-14-40-2)27-28-29(32)33-12-13-36(28)30(35-27)21-6-8-23-9-11-26(38)37(23)18-21/h3-5,7,10,12-13,16-17,21,23H,6,8-9,11,14-15,18H2,1-2H3,(H2,32,33)(H,34,39)/t21-,23+/m1/s1. The van der Waals surface area contributed by atoms with Crippen molar-refractivity contribution in [2.45, 2.75) is 44.6 Å². The van der Waals surface area contributed by atoms with Gasteiger partial charge in [-0.15, -0.1) is 0 Å². The van der Waals surface area contributed by atoms with Gasteiger partial charge in [-0.3, -0.25) is 14.0 Å². The number of nitrogen functional groups attached to an aromatic ring is 1. The number of ether oxygens (including phenoxy) is 2. The number of fused-ring (bicyclic) bond motifs is 2. The van der Waals surface area contributed by atoms with E-state index in [-0.39, 0.29) is 17.7 Å². The number of carbonyl (C=O) groups excluding carboxylic acids is 2. The van der Waals surface area contributed by atoms with Crippen LogP contribution in [0.3, 0.4) is 0 Å². The van der Waals surface area contributed by atoms with Crippen LogP contribution in [0.25, 0.3) is 16.8 Å². The van der Waals surface area contributed by atoms with Crippen LogP contribution in [-0.2, 0) is 9.53 Å². The van der Waals surface area contributed by atoms with Gasteiger partial charge in [-0.1, -0.05) is 12.1 Å². The Bertz CT molecular complexity index is 1620. The first kappa shape index (κ1) is 26.8. The van der Waals surface area contributed by atoms with Crippen molar-refractivity contribution in [3.8, 4) is 17.0 Å². The first-order valence-corrected chi connectivity index (χ1v) is 14.0. The molecule has 2 aliphatic heterocycles. The maximum atomic E-state index is 13.2. The Hall–Kier alpha value is -4.44. The smallest absolute Gasteiger partial charge is 0.255 e. The van der Waals surface area contributed by atoms with E-state index in [1.807, 2.05) is 52.8 Å². The largest absolute Gasteiger partial charge is 0.490 e. The van der Waals surface area contributed by atoms with E-state index in [1.54, 1.807) is 25.4 Å². The monoisotopic (exact) mass is 554 g/mol. The molecule has 0 spiro atoms. The Morgan fingerprint density at radius 3 is 2.85 bits per heavy atom. The van der Waals surface area contributed by atoms with Crippen molar-refractivity contribution in [1.82, 2.24) is 19.3 Å². The lowest BCUT2D eigenvalue weighted by Crippen LogP contribution is -2.41. The van der Waals surface area contributed by atoms with Crippen LogP contribution in [0.2, 0.25) is 0 Å². The van der Waals surface area contributed by atoms with Gasteiger partial charge in [0.05, 0.1) is 6.61 Å². The number of carbonyl (C=O) groups is 2. The second kappa shape index (κ2) is 11.2. The zero-order valence-electron chi connectivity index (χ0n) is 23.3. The van der Waals surface area contributed by atoms with E-state index in [2.05, 4.69) is 10.3 Å². The summed E-state index contributed by atoms with van der Waals surface area (Å²) >= 11 is 0. The van der Waals surface area contributed by atoms with E-state index in [1.165, 1.54) is 0 Å². The number of piperidine rings is 1. The zero-order valence-corrected chi connectivity index (χ0v) is 23.3. The molecule has 6 rings (SSSR count). The molecule has 10 heteroatoms. The number of nitrogens with one attached hydrogen (secondary N) is 1. The van der Waals surface area contributed by atoms with Gasteiger partial charge in [0.15, 0.2) is 0 Å². The number of benzene rings is 2. The second-order valence-corrected chi connectivity index (χ2v) is 10.7. The molecule has 212 valence electrons. The van der Waals surface area contributed by atoms with Crippen molar-refractivity contribution in [3.05, 3.63) is 71.8 Å². The Morgan fingerprint density at radius 2 is 2.02 bits per heavy atom. The summed E-state index contributed by atoms with van der Waals surface area (Å²) in [5.41, 5.74) is 10.6. The van der Waals surface area contributed by atoms with E-state index in [0.29, 0.717) is 66.1 Å². The molecule has 2 aromatic heterocycles. The summed E-state index contributed by atoms with van der Waals surface area (Å²) in [7, 11) is 1.61. The number of aromatic nitrogens is 3. The number of hydrogen-bond donors (Lipinski definition) is 2. The predicted octanol–water partition coefficient (Wildman–Crippen LogP) is 4.43. The molecule has 41 heavy (non-hydrogen) atoms. The third kappa shape index (κ3) is 5.22. The molecular weight excluding hydrogens is 520 g/mol. The number of anilines is 2. The molecule has 0 unspecified atom stereocenters. The molecule has 2 aromatic carbocycles. The number of nitrogens with two attached hydrogens (primary N) is 1. The highest BCUT2D eigenvalue weighted by atomic mass is 16.5. The fourth-order valence-electron chi connectivity index (χ4n) is 5.98. The van der Waals surface area contributed by atoms with E-state index in [0.717, 1.165) is 36.3 Å². The fraction of sp³-hybridized carbons (Fsp3) is 0.355. The average Bonchev–Trinajstić information content (AvgIpc) is 3.54. The highest BCUT2D eigenvalue weighted by Crippen LogP contribution is 2.40. The quantitative estimate of drug-likeness (QED) is 0.309. The number of methoxy groups -OCH3 is 1. The van der Waals surface area contributed by atoms with Crippen LogP contribution in [-0.4, -0.2) is 64.0 Å². The minimum atomic E-state index is -0.248. The van der Waals surface area contributed by atoms with Gasteiger partial charge in [0.25, 0.3) is 5.91 Å². The second-order valence-electron chi connectivity index (χ2n) is 10.7. The minimum Gasteiger partial charge on any atom is -0.490 e. The lowest BCUT2D eigenvalue weighted by molar-refractivity contribution is -0.130. The molecule has 0 aliphatic carbocycles. The van der Waals surface area contributed by atoms with Crippen molar-refractivity contribution in [3.63, 3.8) is 0 Å². The molecule has 2 fully saturated rings. The first-order chi connectivity index (χ1) is 19.9. The number of rotatable bonds is 8. The van der Waals surface area contributed by atoms with Gasteiger partial charge in [0.2, 0.25) is 5.91 Å². The zero-order chi connectivity index (χ0) is 28.5. The maximum Gasteiger partial charge on any atom is 0.255 e. The van der Waals surface area contributed by atoms with Crippen molar-refractivity contribution >= 4 is 28.8 Å². The van der Waals surface area contributed by atoms with Crippen LogP contribution in [0.15, 0.2) is 54.9 Å². The average molecular weight is 555 g/mol. The molecule has 0 saturated carbocycles. The van der Waals surface area contributed by atoms with Crippen LogP contribution in [0.1, 0.15) is 53.3 Å². The van der Waals surface area contributed by atoms with Gasteiger partial charge in [-0.25, -0.2) is 9.97 Å². The van der Waals surface area contributed by atoms with Crippen molar-refractivity contribution < 1.29 is 19.1 Å². The van der Waals surface area contributed by atoms with E-state index < -0.39 is 0 Å². The van der Waals surface area contributed by atoms with E-state index >= 15 is 0 Å². The molecule has 0 radical (unpaired) electrons. The third-order valence-electron chi connectivity index (χ3n) is 8.01.